The largest absolute Gasteiger partial charge is 0.355 e. The fourth-order valence-electron chi connectivity index (χ4n) is 4.83. The van der Waals surface area contributed by atoms with Crippen LogP contribution in [0.4, 0.5) is 0 Å². The van der Waals surface area contributed by atoms with E-state index in [-0.39, 0.29) is 11.8 Å². The van der Waals surface area contributed by atoms with E-state index in [2.05, 4.69) is 63.1 Å². The summed E-state index contributed by atoms with van der Waals surface area (Å²) in [5.74, 6) is 1.06. The van der Waals surface area contributed by atoms with E-state index in [0.29, 0.717) is 19.5 Å². The minimum atomic E-state index is -0.121. The second-order valence-electron chi connectivity index (χ2n) is 8.59. The summed E-state index contributed by atoms with van der Waals surface area (Å²) in [6.45, 7) is 5.95. The molecular formula is C27H29N5O. The van der Waals surface area contributed by atoms with Gasteiger partial charge in [0.2, 0.25) is 5.91 Å². The summed E-state index contributed by atoms with van der Waals surface area (Å²) in [5.41, 5.74) is 5.59. The predicted octanol–water partition coefficient (Wildman–Crippen LogP) is 3.91. The Hall–Kier alpha value is -3.51. The summed E-state index contributed by atoms with van der Waals surface area (Å²) in [7, 11) is 0. The van der Waals surface area contributed by atoms with Gasteiger partial charge in [-0.1, -0.05) is 42.5 Å². The number of carbonyl (C=O) groups excluding carboxylic acids is 1. The molecule has 1 aliphatic heterocycles. The molecule has 1 saturated heterocycles. The maximum absolute atomic E-state index is 13.0. The standard InChI is InChI=1S/C27H29N5O/c1-2-32-25-12-6-5-11-24(25)30-26(32)19-31-15-14-29-27(33)22(18-31)16-20-8-3-4-10-23(20)21-9-7-13-28-17-21/h3-13,17,22H,2,14-16,18-19H2,1H3,(H,29,33)/t22-/m0/s1. The molecule has 2 aromatic carbocycles. The summed E-state index contributed by atoms with van der Waals surface area (Å²) < 4.78 is 2.28. The Labute approximate surface area is 194 Å². The highest BCUT2D eigenvalue weighted by Gasteiger charge is 2.27. The Morgan fingerprint density at radius 1 is 1.06 bits per heavy atom. The van der Waals surface area contributed by atoms with Gasteiger partial charge in [-0.3, -0.25) is 14.7 Å². The third kappa shape index (κ3) is 4.52. The van der Waals surface area contributed by atoms with E-state index in [1.54, 1.807) is 6.20 Å². The number of aromatic nitrogens is 3. The molecule has 1 amide bonds. The number of imidazole rings is 1. The molecule has 1 aliphatic rings. The van der Waals surface area contributed by atoms with E-state index < -0.39 is 0 Å². The Morgan fingerprint density at radius 2 is 1.91 bits per heavy atom. The zero-order chi connectivity index (χ0) is 22.6. The van der Waals surface area contributed by atoms with Gasteiger partial charge in [-0.2, -0.15) is 0 Å². The first-order valence-corrected chi connectivity index (χ1v) is 11.7. The van der Waals surface area contributed by atoms with Crippen molar-refractivity contribution in [1.29, 1.82) is 0 Å². The molecule has 1 N–H and O–H groups in total. The normalized spacial score (nSPS) is 17.1. The number of pyridine rings is 1. The molecule has 3 heterocycles. The van der Waals surface area contributed by atoms with Crippen molar-refractivity contribution in [1.82, 2.24) is 24.8 Å². The third-order valence-electron chi connectivity index (χ3n) is 6.45. The second-order valence-corrected chi connectivity index (χ2v) is 8.59. The van der Waals surface area contributed by atoms with E-state index in [9.17, 15) is 4.79 Å². The molecule has 0 spiro atoms. The molecule has 6 nitrogen and oxygen atoms in total. The second kappa shape index (κ2) is 9.55. The van der Waals surface area contributed by atoms with E-state index >= 15 is 0 Å². The van der Waals surface area contributed by atoms with Gasteiger partial charge in [0, 0.05) is 44.1 Å². The van der Waals surface area contributed by atoms with Gasteiger partial charge in [0.05, 0.1) is 23.5 Å². The molecule has 1 fully saturated rings. The van der Waals surface area contributed by atoms with Crippen molar-refractivity contribution in [2.24, 2.45) is 5.92 Å². The van der Waals surface area contributed by atoms with Crippen molar-refractivity contribution < 1.29 is 4.79 Å². The quantitative estimate of drug-likeness (QED) is 0.495. The lowest BCUT2D eigenvalue weighted by molar-refractivity contribution is -0.124. The van der Waals surface area contributed by atoms with Crippen molar-refractivity contribution >= 4 is 16.9 Å². The van der Waals surface area contributed by atoms with Gasteiger partial charge in [0.1, 0.15) is 5.82 Å². The lowest BCUT2D eigenvalue weighted by Crippen LogP contribution is -2.34. The molecule has 0 aliphatic carbocycles. The number of hydrogen-bond donors (Lipinski definition) is 1. The van der Waals surface area contributed by atoms with Crippen molar-refractivity contribution in [3.8, 4) is 11.1 Å². The highest BCUT2D eigenvalue weighted by molar-refractivity contribution is 5.80. The van der Waals surface area contributed by atoms with Crippen LogP contribution in [0.15, 0.2) is 73.1 Å². The first kappa shape index (κ1) is 21.3. The van der Waals surface area contributed by atoms with Crippen LogP contribution in [0.25, 0.3) is 22.2 Å². The van der Waals surface area contributed by atoms with Crippen LogP contribution in [0.3, 0.4) is 0 Å². The minimum Gasteiger partial charge on any atom is -0.355 e. The molecule has 0 unspecified atom stereocenters. The monoisotopic (exact) mass is 439 g/mol. The average Bonchev–Trinajstić information content (AvgIpc) is 3.11. The molecule has 5 rings (SSSR count). The number of hydrogen-bond acceptors (Lipinski definition) is 4. The smallest absolute Gasteiger partial charge is 0.224 e. The van der Waals surface area contributed by atoms with E-state index in [1.165, 1.54) is 11.1 Å². The summed E-state index contributed by atoms with van der Waals surface area (Å²) in [4.78, 5) is 24.5. The van der Waals surface area contributed by atoms with Crippen LogP contribution in [-0.2, 0) is 24.3 Å². The highest BCUT2D eigenvalue weighted by atomic mass is 16.1. The highest BCUT2D eigenvalue weighted by Crippen LogP contribution is 2.26. The first-order chi connectivity index (χ1) is 16.2. The number of para-hydroxylation sites is 2. The van der Waals surface area contributed by atoms with Gasteiger partial charge < -0.3 is 9.88 Å². The Balaban J connectivity index is 1.39. The number of aryl methyl sites for hydroxylation is 1. The molecule has 2 aromatic heterocycles. The zero-order valence-corrected chi connectivity index (χ0v) is 18.9. The molecular weight excluding hydrogens is 410 g/mol. The van der Waals surface area contributed by atoms with Crippen molar-refractivity contribution in [3.63, 3.8) is 0 Å². The summed E-state index contributed by atoms with van der Waals surface area (Å²) in [5, 5.41) is 3.12. The number of fused-ring (bicyclic) bond motifs is 1. The maximum atomic E-state index is 13.0. The molecule has 168 valence electrons. The molecule has 33 heavy (non-hydrogen) atoms. The molecule has 0 saturated carbocycles. The Morgan fingerprint density at radius 3 is 2.76 bits per heavy atom. The van der Waals surface area contributed by atoms with Crippen molar-refractivity contribution in [3.05, 3.63) is 84.4 Å². The molecule has 6 heteroatoms. The predicted molar refractivity (Wildman–Crippen MR) is 131 cm³/mol. The fourth-order valence-corrected chi connectivity index (χ4v) is 4.83. The van der Waals surface area contributed by atoms with Crippen molar-refractivity contribution in [2.75, 3.05) is 19.6 Å². The Kier molecular flexibility index (Phi) is 6.17. The van der Waals surface area contributed by atoms with Gasteiger partial charge in [-0.25, -0.2) is 4.98 Å². The maximum Gasteiger partial charge on any atom is 0.224 e. The lowest BCUT2D eigenvalue weighted by Gasteiger charge is -2.23. The number of rotatable bonds is 6. The summed E-state index contributed by atoms with van der Waals surface area (Å²) >= 11 is 0. The summed E-state index contributed by atoms with van der Waals surface area (Å²) in [6.07, 6.45) is 4.36. The number of nitrogens with zero attached hydrogens (tertiary/aromatic N) is 4. The van der Waals surface area contributed by atoms with Crippen LogP contribution in [-0.4, -0.2) is 45.0 Å². The van der Waals surface area contributed by atoms with E-state index in [4.69, 9.17) is 4.98 Å². The van der Waals surface area contributed by atoms with E-state index in [0.717, 1.165) is 42.1 Å². The molecule has 1 atom stereocenters. The number of carbonyl (C=O) groups is 1. The van der Waals surface area contributed by atoms with Gasteiger partial charge in [-0.05, 0) is 42.7 Å². The van der Waals surface area contributed by atoms with Gasteiger partial charge >= 0.3 is 0 Å². The van der Waals surface area contributed by atoms with Crippen LogP contribution < -0.4 is 5.32 Å². The summed E-state index contributed by atoms with van der Waals surface area (Å²) in [6, 6.07) is 20.6. The first-order valence-electron chi connectivity index (χ1n) is 11.7. The van der Waals surface area contributed by atoms with Crippen LogP contribution in [0.5, 0.6) is 0 Å². The van der Waals surface area contributed by atoms with Crippen LogP contribution in [0.1, 0.15) is 18.3 Å². The topological polar surface area (TPSA) is 63.0 Å². The molecule has 4 aromatic rings. The fraction of sp³-hybridized carbons (Fsp3) is 0.296. The van der Waals surface area contributed by atoms with Crippen LogP contribution >= 0.6 is 0 Å². The van der Waals surface area contributed by atoms with Crippen LogP contribution in [0.2, 0.25) is 0 Å². The number of nitrogens with one attached hydrogen (secondary N) is 1. The minimum absolute atomic E-state index is 0.121. The molecule has 0 radical (unpaired) electrons. The van der Waals surface area contributed by atoms with Gasteiger partial charge in [0.15, 0.2) is 0 Å². The third-order valence-corrected chi connectivity index (χ3v) is 6.45. The van der Waals surface area contributed by atoms with E-state index in [1.807, 2.05) is 30.5 Å². The number of amides is 1. The van der Waals surface area contributed by atoms with Crippen LogP contribution in [0, 0.1) is 5.92 Å². The Bertz CT molecular complexity index is 1250. The number of benzene rings is 2. The van der Waals surface area contributed by atoms with Gasteiger partial charge in [-0.15, -0.1) is 0 Å². The molecule has 0 bridgehead atoms. The zero-order valence-electron chi connectivity index (χ0n) is 18.9. The van der Waals surface area contributed by atoms with Gasteiger partial charge in [0.25, 0.3) is 0 Å². The average molecular weight is 440 g/mol. The lowest BCUT2D eigenvalue weighted by atomic mass is 9.92. The SMILES string of the molecule is CCn1c(CN2CCNC(=O)[C@@H](Cc3ccccc3-c3cccnc3)C2)nc2ccccc21. The van der Waals surface area contributed by atoms with Crippen molar-refractivity contribution in [2.45, 2.75) is 26.4 Å².